The summed E-state index contributed by atoms with van der Waals surface area (Å²) in [5, 5.41) is 9.11. The number of nitrogens with zero attached hydrogens (tertiary/aromatic N) is 2. The van der Waals surface area contributed by atoms with E-state index in [0.717, 1.165) is 13.2 Å². The third-order valence-corrected chi connectivity index (χ3v) is 2.90. The van der Waals surface area contributed by atoms with Crippen LogP contribution in [0.2, 0.25) is 0 Å². The first-order valence-corrected chi connectivity index (χ1v) is 5.35. The van der Waals surface area contributed by atoms with E-state index in [0.29, 0.717) is 12.0 Å². The van der Waals surface area contributed by atoms with Crippen molar-refractivity contribution in [1.82, 2.24) is 4.90 Å². The van der Waals surface area contributed by atoms with Gasteiger partial charge in [-0.25, -0.2) is 0 Å². The zero-order chi connectivity index (χ0) is 10.6. The van der Waals surface area contributed by atoms with Gasteiger partial charge >= 0.3 is 0 Å². The standard InChI is InChI=1S/C11H20N2O/c1-9(2)11(7-12)13-6-4-5-10(13)8-14-3/h9-11H,4-6,8H2,1-3H3/t10-,11+/m0/s1. The minimum absolute atomic E-state index is 0.0534. The topological polar surface area (TPSA) is 36.3 Å². The third-order valence-electron chi connectivity index (χ3n) is 2.90. The molecule has 0 aromatic heterocycles. The van der Waals surface area contributed by atoms with Crippen molar-refractivity contribution in [3.05, 3.63) is 0 Å². The van der Waals surface area contributed by atoms with Gasteiger partial charge in [-0.3, -0.25) is 4.90 Å². The monoisotopic (exact) mass is 196 g/mol. The molecule has 0 radical (unpaired) electrons. The van der Waals surface area contributed by atoms with Crippen molar-refractivity contribution in [2.24, 2.45) is 5.92 Å². The summed E-state index contributed by atoms with van der Waals surface area (Å²) < 4.78 is 5.18. The Bertz CT molecular complexity index is 210. The number of hydrogen-bond acceptors (Lipinski definition) is 3. The van der Waals surface area contributed by atoms with Crippen LogP contribution in [0.15, 0.2) is 0 Å². The van der Waals surface area contributed by atoms with Crippen LogP contribution in [0.25, 0.3) is 0 Å². The lowest BCUT2D eigenvalue weighted by Crippen LogP contribution is -2.43. The van der Waals surface area contributed by atoms with Crippen molar-refractivity contribution in [2.75, 3.05) is 20.3 Å². The molecular weight excluding hydrogens is 176 g/mol. The molecule has 1 fully saturated rings. The summed E-state index contributed by atoms with van der Waals surface area (Å²) in [6.45, 7) is 6.02. The first-order valence-electron chi connectivity index (χ1n) is 5.35. The van der Waals surface area contributed by atoms with Crippen molar-refractivity contribution in [3.63, 3.8) is 0 Å². The Labute approximate surface area is 86.6 Å². The first-order chi connectivity index (χ1) is 6.70. The molecule has 2 atom stereocenters. The second kappa shape index (κ2) is 5.33. The Balaban J connectivity index is 2.60. The number of ether oxygens (including phenoxy) is 1. The van der Waals surface area contributed by atoms with Gasteiger partial charge in [0.25, 0.3) is 0 Å². The van der Waals surface area contributed by atoms with Crippen LogP contribution in [0.1, 0.15) is 26.7 Å². The fourth-order valence-corrected chi connectivity index (χ4v) is 2.20. The highest BCUT2D eigenvalue weighted by Crippen LogP contribution is 2.23. The van der Waals surface area contributed by atoms with Gasteiger partial charge in [0.2, 0.25) is 0 Å². The molecule has 1 heterocycles. The second-order valence-electron chi connectivity index (χ2n) is 4.31. The minimum Gasteiger partial charge on any atom is -0.383 e. The van der Waals surface area contributed by atoms with Crippen molar-refractivity contribution in [2.45, 2.75) is 38.8 Å². The van der Waals surface area contributed by atoms with Gasteiger partial charge in [0.15, 0.2) is 0 Å². The first kappa shape index (κ1) is 11.5. The summed E-state index contributed by atoms with van der Waals surface area (Å²) in [5.74, 6) is 0.400. The molecule has 0 aromatic carbocycles. The maximum atomic E-state index is 9.11. The molecule has 1 aliphatic heterocycles. The van der Waals surface area contributed by atoms with Crippen molar-refractivity contribution in [1.29, 1.82) is 5.26 Å². The number of methoxy groups -OCH3 is 1. The normalized spacial score (nSPS) is 25.2. The SMILES string of the molecule is COC[C@@H]1CCCN1[C@H](C#N)C(C)C. The van der Waals surface area contributed by atoms with Gasteiger partial charge in [-0.2, -0.15) is 5.26 Å². The van der Waals surface area contributed by atoms with E-state index < -0.39 is 0 Å². The molecule has 3 nitrogen and oxygen atoms in total. The van der Waals surface area contributed by atoms with E-state index in [2.05, 4.69) is 24.8 Å². The van der Waals surface area contributed by atoms with Crippen LogP contribution in [0, 0.1) is 17.2 Å². The molecule has 1 rings (SSSR count). The summed E-state index contributed by atoms with van der Waals surface area (Å²) >= 11 is 0. The van der Waals surface area contributed by atoms with Crippen molar-refractivity contribution < 1.29 is 4.74 Å². The van der Waals surface area contributed by atoms with Gasteiger partial charge in [0.05, 0.1) is 12.7 Å². The van der Waals surface area contributed by atoms with E-state index in [1.807, 2.05) is 0 Å². The molecule has 3 heteroatoms. The molecule has 0 aromatic rings. The van der Waals surface area contributed by atoms with E-state index >= 15 is 0 Å². The molecule has 0 bridgehead atoms. The zero-order valence-corrected chi connectivity index (χ0v) is 9.36. The predicted octanol–water partition coefficient (Wildman–Crippen LogP) is 1.65. The highest BCUT2D eigenvalue weighted by atomic mass is 16.5. The molecule has 14 heavy (non-hydrogen) atoms. The minimum atomic E-state index is 0.0534. The molecule has 0 saturated carbocycles. The quantitative estimate of drug-likeness (QED) is 0.686. The largest absolute Gasteiger partial charge is 0.383 e. The predicted molar refractivity (Wildman–Crippen MR) is 55.8 cm³/mol. The molecule has 0 aliphatic carbocycles. The fourth-order valence-electron chi connectivity index (χ4n) is 2.20. The molecule has 80 valence electrons. The highest BCUT2D eigenvalue weighted by molar-refractivity contribution is 4.98. The number of nitriles is 1. The lowest BCUT2D eigenvalue weighted by Gasteiger charge is -2.30. The maximum Gasteiger partial charge on any atom is 0.100 e. The van der Waals surface area contributed by atoms with Crippen LogP contribution in [-0.4, -0.2) is 37.2 Å². The van der Waals surface area contributed by atoms with E-state index in [4.69, 9.17) is 10.00 Å². The molecule has 1 aliphatic rings. The fraction of sp³-hybridized carbons (Fsp3) is 0.909. The van der Waals surface area contributed by atoms with Crippen molar-refractivity contribution >= 4 is 0 Å². The number of likely N-dealkylation sites (tertiary alicyclic amines) is 1. The Morgan fingerprint density at radius 3 is 2.79 bits per heavy atom. The van der Waals surface area contributed by atoms with Gasteiger partial charge in [0, 0.05) is 13.2 Å². The van der Waals surface area contributed by atoms with Crippen LogP contribution in [-0.2, 0) is 4.74 Å². The lowest BCUT2D eigenvalue weighted by molar-refractivity contribution is 0.0907. The summed E-state index contributed by atoms with van der Waals surface area (Å²) in [4.78, 5) is 2.30. The number of hydrogen-bond donors (Lipinski definition) is 0. The average molecular weight is 196 g/mol. The van der Waals surface area contributed by atoms with Gasteiger partial charge in [-0.15, -0.1) is 0 Å². The Kier molecular flexibility index (Phi) is 4.37. The average Bonchev–Trinajstić information content (AvgIpc) is 2.55. The summed E-state index contributed by atoms with van der Waals surface area (Å²) in [6, 6.07) is 2.91. The van der Waals surface area contributed by atoms with Crippen LogP contribution in [0.5, 0.6) is 0 Å². The molecule has 0 unspecified atom stereocenters. The third kappa shape index (κ3) is 2.46. The Hall–Kier alpha value is -0.590. The second-order valence-corrected chi connectivity index (χ2v) is 4.31. The van der Waals surface area contributed by atoms with E-state index in [1.54, 1.807) is 7.11 Å². The molecule has 0 N–H and O–H groups in total. The highest BCUT2D eigenvalue weighted by Gasteiger charge is 2.32. The Morgan fingerprint density at radius 2 is 2.29 bits per heavy atom. The zero-order valence-electron chi connectivity index (χ0n) is 9.36. The van der Waals surface area contributed by atoms with Crippen LogP contribution >= 0.6 is 0 Å². The van der Waals surface area contributed by atoms with Crippen LogP contribution in [0.3, 0.4) is 0 Å². The van der Waals surface area contributed by atoms with Crippen LogP contribution < -0.4 is 0 Å². The van der Waals surface area contributed by atoms with Crippen molar-refractivity contribution in [3.8, 4) is 6.07 Å². The number of rotatable bonds is 4. The molecule has 1 saturated heterocycles. The molecular formula is C11H20N2O. The molecule has 0 spiro atoms. The van der Waals surface area contributed by atoms with Gasteiger partial charge in [-0.1, -0.05) is 13.8 Å². The molecule has 0 amide bonds. The Morgan fingerprint density at radius 1 is 1.57 bits per heavy atom. The summed E-state index contributed by atoms with van der Waals surface area (Å²) in [5.41, 5.74) is 0. The van der Waals surface area contributed by atoms with Gasteiger partial charge in [0.1, 0.15) is 6.04 Å². The van der Waals surface area contributed by atoms with E-state index in [1.165, 1.54) is 12.8 Å². The van der Waals surface area contributed by atoms with E-state index in [-0.39, 0.29) is 6.04 Å². The smallest absolute Gasteiger partial charge is 0.100 e. The van der Waals surface area contributed by atoms with Crippen LogP contribution in [0.4, 0.5) is 0 Å². The summed E-state index contributed by atoms with van der Waals surface area (Å²) in [7, 11) is 1.73. The summed E-state index contributed by atoms with van der Waals surface area (Å²) in [6.07, 6.45) is 2.36. The van der Waals surface area contributed by atoms with Gasteiger partial charge < -0.3 is 4.74 Å². The van der Waals surface area contributed by atoms with Gasteiger partial charge in [-0.05, 0) is 25.3 Å². The maximum absolute atomic E-state index is 9.11. The lowest BCUT2D eigenvalue weighted by atomic mass is 10.0. The van der Waals surface area contributed by atoms with E-state index in [9.17, 15) is 0 Å².